The van der Waals surface area contributed by atoms with E-state index in [-0.39, 0.29) is 5.60 Å². The number of halogens is 2. The molecule has 0 amide bonds. The van der Waals surface area contributed by atoms with Crippen LogP contribution in [0.15, 0.2) is 12.3 Å². The fourth-order valence-corrected chi connectivity index (χ4v) is 2.74. The highest BCUT2D eigenvalue weighted by Gasteiger charge is 2.31. The van der Waals surface area contributed by atoms with Crippen LogP contribution in [0.4, 0.5) is 0 Å². The lowest BCUT2D eigenvalue weighted by molar-refractivity contribution is 0.134. The molecule has 60 valence electrons. The minimum Gasteiger partial charge on any atom is -0.384 e. The molecule has 0 N–H and O–H groups in total. The second-order valence-corrected chi connectivity index (χ2v) is 8.67. The van der Waals surface area contributed by atoms with Crippen LogP contribution >= 0.6 is 22.2 Å². The molecule has 0 aliphatic rings. The zero-order chi connectivity index (χ0) is 8.41. The van der Waals surface area contributed by atoms with Crippen molar-refractivity contribution in [2.75, 3.05) is 0 Å². The van der Waals surface area contributed by atoms with Crippen LogP contribution in [0.2, 0.25) is 0 Å². The van der Waals surface area contributed by atoms with Gasteiger partial charge in [0, 0.05) is 0 Å². The first-order chi connectivity index (χ1) is 4.27. The Morgan fingerprint density at radius 3 is 1.90 bits per heavy atom. The van der Waals surface area contributed by atoms with Gasteiger partial charge >= 0.3 is 6.94 Å². The summed E-state index contributed by atoms with van der Waals surface area (Å²) >= 11 is 11.5. The molecule has 0 spiro atoms. The fraction of sp³-hybridized carbons (Fsp3) is 0.667. The SMILES string of the molecule is C=C[Si](Cl)(Cl)OC(C)(C)C. The average molecular weight is 199 g/mol. The Balaban J connectivity index is 4.01. The van der Waals surface area contributed by atoms with Gasteiger partial charge in [-0.2, -0.15) is 0 Å². The van der Waals surface area contributed by atoms with E-state index in [0.29, 0.717) is 0 Å². The second-order valence-electron chi connectivity index (χ2n) is 2.98. The molecule has 0 heterocycles. The van der Waals surface area contributed by atoms with Crippen molar-refractivity contribution >= 4 is 29.1 Å². The van der Waals surface area contributed by atoms with Gasteiger partial charge in [-0.3, -0.25) is 0 Å². The highest BCUT2D eigenvalue weighted by Crippen LogP contribution is 2.24. The molecule has 0 saturated carbocycles. The van der Waals surface area contributed by atoms with Crippen molar-refractivity contribution < 1.29 is 4.43 Å². The second kappa shape index (κ2) is 3.26. The predicted molar refractivity (Wildman–Crippen MR) is 48.5 cm³/mol. The summed E-state index contributed by atoms with van der Waals surface area (Å²) in [5.41, 5.74) is 1.20. The largest absolute Gasteiger partial charge is 0.416 e. The van der Waals surface area contributed by atoms with Gasteiger partial charge in [-0.25, -0.2) is 0 Å². The monoisotopic (exact) mass is 198 g/mol. The molecule has 0 fully saturated rings. The number of hydrogen-bond donors (Lipinski definition) is 0. The molecule has 0 atom stereocenters. The van der Waals surface area contributed by atoms with E-state index in [1.54, 1.807) is 0 Å². The molecule has 10 heavy (non-hydrogen) atoms. The van der Waals surface area contributed by atoms with Gasteiger partial charge < -0.3 is 4.43 Å². The van der Waals surface area contributed by atoms with Gasteiger partial charge in [0.15, 0.2) is 0 Å². The summed E-state index contributed by atoms with van der Waals surface area (Å²) in [4.78, 5) is 0. The van der Waals surface area contributed by atoms with Gasteiger partial charge in [-0.05, 0) is 26.5 Å². The predicted octanol–water partition coefficient (Wildman–Crippen LogP) is 2.94. The Kier molecular flexibility index (Phi) is 3.42. The van der Waals surface area contributed by atoms with Crippen LogP contribution in [0.25, 0.3) is 0 Å². The molecule has 0 aliphatic carbocycles. The highest BCUT2D eigenvalue weighted by molar-refractivity contribution is 7.44. The zero-order valence-electron chi connectivity index (χ0n) is 6.45. The zero-order valence-corrected chi connectivity index (χ0v) is 8.96. The summed E-state index contributed by atoms with van der Waals surface area (Å²) in [7, 11) is 0. The van der Waals surface area contributed by atoms with Gasteiger partial charge in [0.25, 0.3) is 0 Å². The van der Waals surface area contributed by atoms with Crippen LogP contribution in [0.5, 0.6) is 0 Å². The van der Waals surface area contributed by atoms with E-state index in [9.17, 15) is 0 Å². The Morgan fingerprint density at radius 1 is 1.40 bits per heavy atom. The van der Waals surface area contributed by atoms with Crippen LogP contribution in [-0.2, 0) is 4.43 Å². The first-order valence-electron chi connectivity index (χ1n) is 2.98. The van der Waals surface area contributed by atoms with Crippen LogP contribution in [0, 0.1) is 0 Å². The first kappa shape index (κ1) is 10.5. The molecule has 0 radical (unpaired) electrons. The minimum absolute atomic E-state index is 0.288. The maximum absolute atomic E-state index is 5.77. The molecular formula is C6H12Cl2OSi. The molecule has 0 aromatic carbocycles. The first-order valence-corrected chi connectivity index (χ1v) is 6.99. The summed E-state index contributed by atoms with van der Waals surface area (Å²) in [5.74, 6) is 0. The Morgan fingerprint density at radius 2 is 1.80 bits per heavy atom. The van der Waals surface area contributed by atoms with Gasteiger partial charge in [0.1, 0.15) is 0 Å². The topological polar surface area (TPSA) is 9.23 Å². The Bertz CT molecular complexity index is 128. The van der Waals surface area contributed by atoms with E-state index in [0.717, 1.165) is 0 Å². The summed E-state index contributed by atoms with van der Waals surface area (Å²) in [5, 5.41) is 0. The Labute approximate surface area is 72.5 Å². The van der Waals surface area contributed by atoms with Crippen LogP contribution in [0.3, 0.4) is 0 Å². The lowest BCUT2D eigenvalue weighted by Gasteiger charge is -2.25. The van der Waals surface area contributed by atoms with E-state index in [2.05, 4.69) is 6.58 Å². The quantitative estimate of drug-likeness (QED) is 0.490. The van der Waals surface area contributed by atoms with Gasteiger partial charge in [0.05, 0.1) is 5.60 Å². The molecule has 0 unspecified atom stereocenters. The maximum atomic E-state index is 5.77. The third kappa shape index (κ3) is 5.29. The van der Waals surface area contributed by atoms with Crippen molar-refractivity contribution in [2.45, 2.75) is 26.4 Å². The van der Waals surface area contributed by atoms with Crippen molar-refractivity contribution in [1.29, 1.82) is 0 Å². The molecule has 4 heteroatoms. The summed E-state index contributed by atoms with van der Waals surface area (Å²) < 4.78 is 5.33. The third-order valence-electron chi connectivity index (χ3n) is 0.680. The molecule has 1 nitrogen and oxygen atoms in total. The average Bonchev–Trinajstić information content (AvgIpc) is 1.60. The number of hydrogen-bond acceptors (Lipinski definition) is 1. The van der Waals surface area contributed by atoms with E-state index < -0.39 is 6.94 Å². The Hall–Kier alpha value is 0.497. The van der Waals surface area contributed by atoms with Crippen molar-refractivity contribution in [2.24, 2.45) is 0 Å². The maximum Gasteiger partial charge on any atom is 0.416 e. The highest BCUT2D eigenvalue weighted by atomic mass is 35.7. The normalized spacial score (nSPS) is 13.3. The number of rotatable bonds is 2. The smallest absolute Gasteiger partial charge is 0.384 e. The fourth-order valence-electron chi connectivity index (χ4n) is 0.450. The van der Waals surface area contributed by atoms with E-state index in [1.165, 1.54) is 5.70 Å². The molecule has 0 aromatic heterocycles. The lowest BCUT2D eigenvalue weighted by Crippen LogP contribution is -2.33. The molecule has 0 rings (SSSR count). The minimum atomic E-state index is -2.60. The van der Waals surface area contributed by atoms with E-state index in [4.69, 9.17) is 26.6 Å². The molecule has 0 saturated heterocycles. The van der Waals surface area contributed by atoms with Crippen LogP contribution in [0.1, 0.15) is 20.8 Å². The van der Waals surface area contributed by atoms with Crippen molar-refractivity contribution in [3.05, 3.63) is 12.3 Å². The van der Waals surface area contributed by atoms with Gasteiger partial charge in [-0.15, -0.1) is 28.7 Å². The lowest BCUT2D eigenvalue weighted by atomic mass is 10.2. The van der Waals surface area contributed by atoms with E-state index >= 15 is 0 Å². The molecule has 0 aliphatic heterocycles. The summed E-state index contributed by atoms with van der Waals surface area (Å²) in [6, 6.07) is 0. The van der Waals surface area contributed by atoms with Gasteiger partial charge in [0.2, 0.25) is 0 Å². The molecule has 0 bridgehead atoms. The molecular weight excluding hydrogens is 187 g/mol. The summed E-state index contributed by atoms with van der Waals surface area (Å²) in [6.07, 6.45) is 0. The van der Waals surface area contributed by atoms with Crippen molar-refractivity contribution in [3.8, 4) is 0 Å². The van der Waals surface area contributed by atoms with Crippen molar-refractivity contribution in [1.82, 2.24) is 0 Å². The standard InChI is InChI=1S/C6H12Cl2OSi/c1-5-10(7,8)9-6(2,3)4/h5H,1H2,2-4H3. The van der Waals surface area contributed by atoms with Crippen LogP contribution < -0.4 is 0 Å². The van der Waals surface area contributed by atoms with Crippen molar-refractivity contribution in [3.63, 3.8) is 0 Å². The third-order valence-corrected chi connectivity index (χ3v) is 3.43. The molecule has 0 aromatic rings. The summed E-state index contributed by atoms with van der Waals surface area (Å²) in [6.45, 7) is 6.60. The van der Waals surface area contributed by atoms with Crippen LogP contribution in [-0.4, -0.2) is 12.5 Å². The van der Waals surface area contributed by atoms with Gasteiger partial charge in [-0.1, -0.05) is 0 Å². The van der Waals surface area contributed by atoms with E-state index in [1.807, 2.05) is 20.8 Å².